The van der Waals surface area contributed by atoms with Crippen LogP contribution in [0.3, 0.4) is 0 Å². The van der Waals surface area contributed by atoms with Crippen molar-refractivity contribution in [2.24, 2.45) is 5.41 Å². The van der Waals surface area contributed by atoms with E-state index in [0.717, 1.165) is 0 Å². The molecule has 1 fully saturated rings. The molecule has 1 aromatic carbocycles. The van der Waals surface area contributed by atoms with Gasteiger partial charge in [0.15, 0.2) is 0 Å². The second-order valence-electron chi connectivity index (χ2n) is 6.82. The lowest BCUT2D eigenvalue weighted by Crippen LogP contribution is -2.36. The number of nitrogens with one attached hydrogen (secondary N) is 1. The fourth-order valence-corrected chi connectivity index (χ4v) is 4.34. The van der Waals surface area contributed by atoms with Crippen LogP contribution in [-0.4, -0.2) is 7.05 Å². The van der Waals surface area contributed by atoms with Crippen LogP contribution in [-0.2, 0) is 12.8 Å². The van der Waals surface area contributed by atoms with Gasteiger partial charge in [0.2, 0.25) is 0 Å². The first-order valence-corrected chi connectivity index (χ1v) is 8.02. The summed E-state index contributed by atoms with van der Waals surface area (Å²) >= 11 is 0. The Kier molecular flexibility index (Phi) is 3.66. The van der Waals surface area contributed by atoms with Crippen molar-refractivity contribution < 1.29 is 0 Å². The van der Waals surface area contributed by atoms with Gasteiger partial charge in [-0.05, 0) is 61.3 Å². The van der Waals surface area contributed by atoms with E-state index in [1.165, 1.54) is 56.9 Å². The summed E-state index contributed by atoms with van der Waals surface area (Å²) in [6, 6.07) is 7.78. The Hall–Kier alpha value is -0.820. The molecule has 0 aliphatic heterocycles. The quantitative estimate of drug-likeness (QED) is 0.846. The minimum atomic E-state index is 0.444. The molecule has 1 saturated carbocycles. The molecule has 3 rings (SSSR count). The normalized spacial score (nSPS) is 23.1. The highest BCUT2D eigenvalue weighted by Crippen LogP contribution is 2.45. The number of benzene rings is 1. The summed E-state index contributed by atoms with van der Waals surface area (Å²) in [6.07, 6.45) is 10.9. The Morgan fingerprint density at radius 1 is 1.00 bits per heavy atom. The minimum Gasteiger partial charge on any atom is -0.313 e. The van der Waals surface area contributed by atoms with Gasteiger partial charge in [-0.1, -0.05) is 44.4 Å². The predicted octanol–water partition coefficient (Wildman–Crippen LogP) is 4.41. The van der Waals surface area contributed by atoms with E-state index >= 15 is 0 Å². The molecule has 104 valence electrons. The highest BCUT2D eigenvalue weighted by atomic mass is 14.9. The summed E-state index contributed by atoms with van der Waals surface area (Å²) in [5, 5.41) is 3.62. The first-order valence-electron chi connectivity index (χ1n) is 8.02. The molecule has 1 atom stereocenters. The zero-order chi connectivity index (χ0) is 13.3. The predicted molar refractivity (Wildman–Crippen MR) is 81.5 cm³/mol. The van der Waals surface area contributed by atoms with E-state index in [1.807, 2.05) is 0 Å². The van der Waals surface area contributed by atoms with Gasteiger partial charge in [0.25, 0.3) is 0 Å². The summed E-state index contributed by atoms with van der Waals surface area (Å²) in [5.41, 5.74) is 5.16. The van der Waals surface area contributed by atoms with Gasteiger partial charge in [-0.25, -0.2) is 0 Å². The van der Waals surface area contributed by atoms with Crippen LogP contribution in [0.25, 0.3) is 0 Å². The van der Waals surface area contributed by atoms with Crippen LogP contribution in [0.1, 0.15) is 68.2 Å². The second kappa shape index (κ2) is 5.28. The molecule has 1 unspecified atom stereocenters. The van der Waals surface area contributed by atoms with E-state index in [1.54, 1.807) is 11.1 Å². The van der Waals surface area contributed by atoms with Crippen LogP contribution < -0.4 is 5.32 Å². The standard InChI is InChI=1S/C18H27N/c1-18(11-4-3-5-12-18)17(19-2)16-10-9-14-7-6-8-15(14)13-16/h9-10,13,17,19H,3-8,11-12H2,1-2H3. The molecule has 0 saturated heterocycles. The van der Waals surface area contributed by atoms with Crippen LogP contribution >= 0.6 is 0 Å². The topological polar surface area (TPSA) is 12.0 Å². The van der Waals surface area contributed by atoms with E-state index < -0.39 is 0 Å². The molecule has 2 aliphatic rings. The third-order valence-electron chi connectivity index (χ3n) is 5.44. The molecule has 19 heavy (non-hydrogen) atoms. The zero-order valence-electron chi connectivity index (χ0n) is 12.5. The maximum absolute atomic E-state index is 3.62. The number of hydrogen-bond donors (Lipinski definition) is 1. The van der Waals surface area contributed by atoms with E-state index in [9.17, 15) is 0 Å². The van der Waals surface area contributed by atoms with Crippen molar-refractivity contribution in [3.05, 3.63) is 34.9 Å². The maximum atomic E-state index is 3.62. The number of rotatable bonds is 3. The second-order valence-corrected chi connectivity index (χ2v) is 6.82. The summed E-state index contributed by atoms with van der Waals surface area (Å²) in [6.45, 7) is 2.49. The van der Waals surface area contributed by atoms with Crippen molar-refractivity contribution >= 4 is 0 Å². The van der Waals surface area contributed by atoms with Crippen molar-refractivity contribution in [3.63, 3.8) is 0 Å². The van der Waals surface area contributed by atoms with Crippen LogP contribution in [0.15, 0.2) is 18.2 Å². The SMILES string of the molecule is CNC(c1ccc2c(c1)CCC2)C1(C)CCCCC1. The molecule has 0 amide bonds. The molecular formula is C18H27N. The first kappa shape index (κ1) is 13.2. The molecule has 1 N–H and O–H groups in total. The molecule has 0 spiro atoms. The summed E-state index contributed by atoms with van der Waals surface area (Å²) in [5.74, 6) is 0. The lowest BCUT2D eigenvalue weighted by molar-refractivity contribution is 0.150. The number of aryl methyl sites for hydroxylation is 2. The molecule has 0 bridgehead atoms. The largest absolute Gasteiger partial charge is 0.313 e. The van der Waals surface area contributed by atoms with Crippen molar-refractivity contribution in [3.8, 4) is 0 Å². The Morgan fingerprint density at radius 3 is 2.47 bits per heavy atom. The third kappa shape index (κ3) is 2.45. The van der Waals surface area contributed by atoms with E-state index in [0.29, 0.717) is 11.5 Å². The van der Waals surface area contributed by atoms with Crippen LogP contribution in [0.5, 0.6) is 0 Å². The van der Waals surface area contributed by atoms with E-state index in [4.69, 9.17) is 0 Å². The highest BCUT2D eigenvalue weighted by molar-refractivity contribution is 5.37. The third-order valence-corrected chi connectivity index (χ3v) is 5.44. The molecule has 0 aromatic heterocycles. The van der Waals surface area contributed by atoms with Crippen molar-refractivity contribution in [1.82, 2.24) is 5.32 Å². The Bertz CT molecular complexity index is 443. The van der Waals surface area contributed by atoms with Crippen LogP contribution in [0.4, 0.5) is 0 Å². The Labute approximate surface area is 117 Å². The molecule has 1 nitrogen and oxygen atoms in total. The summed E-state index contributed by atoms with van der Waals surface area (Å²) in [4.78, 5) is 0. The number of hydrogen-bond acceptors (Lipinski definition) is 1. The monoisotopic (exact) mass is 257 g/mol. The molecule has 1 heteroatoms. The zero-order valence-corrected chi connectivity index (χ0v) is 12.5. The molecular weight excluding hydrogens is 230 g/mol. The van der Waals surface area contributed by atoms with Crippen molar-refractivity contribution in [1.29, 1.82) is 0 Å². The van der Waals surface area contributed by atoms with Gasteiger partial charge in [0, 0.05) is 6.04 Å². The fraction of sp³-hybridized carbons (Fsp3) is 0.667. The lowest BCUT2D eigenvalue weighted by atomic mass is 9.68. The fourth-order valence-electron chi connectivity index (χ4n) is 4.34. The number of fused-ring (bicyclic) bond motifs is 1. The average Bonchev–Trinajstić information content (AvgIpc) is 2.87. The average molecular weight is 257 g/mol. The van der Waals surface area contributed by atoms with Crippen LogP contribution in [0.2, 0.25) is 0 Å². The van der Waals surface area contributed by atoms with Gasteiger partial charge >= 0.3 is 0 Å². The molecule has 2 aliphatic carbocycles. The molecule has 1 aromatic rings. The molecule has 0 radical (unpaired) electrons. The van der Waals surface area contributed by atoms with E-state index in [2.05, 4.69) is 37.5 Å². The van der Waals surface area contributed by atoms with Gasteiger partial charge in [-0.15, -0.1) is 0 Å². The summed E-state index contributed by atoms with van der Waals surface area (Å²) < 4.78 is 0. The Balaban J connectivity index is 1.89. The molecule has 0 heterocycles. The first-order chi connectivity index (χ1) is 9.23. The van der Waals surface area contributed by atoms with E-state index in [-0.39, 0.29) is 0 Å². The Morgan fingerprint density at radius 2 is 1.74 bits per heavy atom. The van der Waals surface area contributed by atoms with Crippen molar-refractivity contribution in [2.45, 2.75) is 64.3 Å². The van der Waals surface area contributed by atoms with Crippen molar-refractivity contribution in [2.75, 3.05) is 7.05 Å². The summed E-state index contributed by atoms with van der Waals surface area (Å²) in [7, 11) is 2.14. The smallest absolute Gasteiger partial charge is 0.0372 e. The van der Waals surface area contributed by atoms with Crippen LogP contribution in [0, 0.1) is 5.41 Å². The lowest BCUT2D eigenvalue weighted by Gasteiger charge is -2.41. The van der Waals surface area contributed by atoms with Gasteiger partial charge in [0.1, 0.15) is 0 Å². The maximum Gasteiger partial charge on any atom is 0.0372 e. The highest BCUT2D eigenvalue weighted by Gasteiger charge is 2.35. The van der Waals surface area contributed by atoms with Gasteiger partial charge in [-0.2, -0.15) is 0 Å². The minimum absolute atomic E-state index is 0.444. The van der Waals surface area contributed by atoms with Gasteiger partial charge < -0.3 is 5.32 Å². The van der Waals surface area contributed by atoms with Gasteiger partial charge in [0.05, 0.1) is 0 Å². The van der Waals surface area contributed by atoms with Gasteiger partial charge in [-0.3, -0.25) is 0 Å².